The van der Waals surface area contributed by atoms with Gasteiger partial charge in [-0.3, -0.25) is 0 Å². The fourth-order valence-electron chi connectivity index (χ4n) is 1.52. The monoisotopic (exact) mass is 221 g/mol. The van der Waals surface area contributed by atoms with Gasteiger partial charge in [0.15, 0.2) is 0 Å². The van der Waals surface area contributed by atoms with Gasteiger partial charge in [-0.05, 0) is 18.1 Å². The largest absolute Gasteiger partial charge is 0.348 e. The van der Waals surface area contributed by atoms with Crippen LogP contribution in [-0.4, -0.2) is 9.55 Å². The van der Waals surface area contributed by atoms with Gasteiger partial charge in [-0.1, -0.05) is 6.92 Å². The molecule has 0 spiro atoms. The highest BCUT2D eigenvalue weighted by molar-refractivity contribution is 7.07. The molecule has 2 heterocycles. The van der Waals surface area contributed by atoms with E-state index < -0.39 is 0 Å². The molecule has 4 heteroatoms. The van der Waals surface area contributed by atoms with Gasteiger partial charge in [0.2, 0.25) is 0 Å². The van der Waals surface area contributed by atoms with Gasteiger partial charge in [0.25, 0.3) is 0 Å². The molecule has 3 nitrogen and oxygen atoms in total. The first-order valence-corrected chi connectivity index (χ1v) is 6.02. The Labute approximate surface area is 93.6 Å². The summed E-state index contributed by atoms with van der Waals surface area (Å²) in [6.45, 7) is 2.93. The van der Waals surface area contributed by atoms with Crippen molar-refractivity contribution in [3.63, 3.8) is 0 Å². The van der Waals surface area contributed by atoms with Crippen molar-refractivity contribution in [2.45, 2.75) is 25.9 Å². The molecule has 0 aromatic carbocycles. The zero-order valence-corrected chi connectivity index (χ0v) is 9.57. The molecule has 1 unspecified atom stereocenters. The summed E-state index contributed by atoms with van der Waals surface area (Å²) >= 11 is 1.63. The highest BCUT2D eigenvalue weighted by Crippen LogP contribution is 2.14. The summed E-state index contributed by atoms with van der Waals surface area (Å²) in [5.41, 5.74) is 10.1. The van der Waals surface area contributed by atoms with Crippen LogP contribution in [0.15, 0.2) is 29.4 Å². The van der Waals surface area contributed by atoms with E-state index in [0.29, 0.717) is 0 Å². The number of thiazole rings is 1. The number of hydrogen-bond donors (Lipinski definition) is 1. The van der Waals surface area contributed by atoms with Crippen LogP contribution in [0.25, 0.3) is 0 Å². The molecule has 1 atom stereocenters. The highest BCUT2D eigenvalue weighted by Gasteiger charge is 2.05. The Morgan fingerprint density at radius 2 is 2.47 bits per heavy atom. The van der Waals surface area contributed by atoms with E-state index >= 15 is 0 Å². The summed E-state index contributed by atoms with van der Waals surface area (Å²) in [6, 6.07) is 2.24. The molecule has 0 radical (unpaired) electrons. The minimum Gasteiger partial charge on any atom is -0.348 e. The van der Waals surface area contributed by atoms with Crippen molar-refractivity contribution in [3.8, 4) is 0 Å². The average molecular weight is 221 g/mol. The fraction of sp³-hybridized carbons (Fsp3) is 0.364. The normalized spacial score (nSPS) is 12.9. The van der Waals surface area contributed by atoms with Gasteiger partial charge >= 0.3 is 0 Å². The van der Waals surface area contributed by atoms with Gasteiger partial charge in [0.1, 0.15) is 0 Å². The Morgan fingerprint density at radius 1 is 1.60 bits per heavy atom. The molecule has 80 valence electrons. The second kappa shape index (κ2) is 4.59. The highest BCUT2D eigenvalue weighted by atomic mass is 32.1. The molecule has 0 aliphatic heterocycles. The molecule has 2 aromatic rings. The standard InChI is InChI=1S/C11H15N3S/c1-2-11(12)9-3-4-14(5-9)6-10-7-15-8-13-10/h3-5,7-8,11H,2,6,12H2,1H3. The molecule has 0 saturated heterocycles. The van der Waals surface area contributed by atoms with Crippen LogP contribution in [0.4, 0.5) is 0 Å². The summed E-state index contributed by atoms with van der Waals surface area (Å²) in [5.74, 6) is 0. The first kappa shape index (κ1) is 10.4. The molecule has 2 rings (SSSR count). The predicted octanol–water partition coefficient (Wildman–Crippen LogP) is 2.40. The van der Waals surface area contributed by atoms with Crippen LogP contribution in [-0.2, 0) is 6.54 Å². The van der Waals surface area contributed by atoms with E-state index in [1.807, 2.05) is 5.51 Å². The Kier molecular flexibility index (Phi) is 3.18. The van der Waals surface area contributed by atoms with Crippen molar-refractivity contribution in [2.75, 3.05) is 0 Å². The van der Waals surface area contributed by atoms with Crippen LogP contribution in [0.2, 0.25) is 0 Å². The molecule has 0 saturated carbocycles. The number of aromatic nitrogens is 2. The molecular weight excluding hydrogens is 206 g/mol. The van der Waals surface area contributed by atoms with Crippen LogP contribution < -0.4 is 5.73 Å². The van der Waals surface area contributed by atoms with Crippen molar-refractivity contribution < 1.29 is 0 Å². The molecule has 2 aromatic heterocycles. The van der Waals surface area contributed by atoms with Crippen LogP contribution >= 0.6 is 11.3 Å². The molecule has 0 fully saturated rings. The zero-order valence-electron chi connectivity index (χ0n) is 8.76. The number of hydrogen-bond acceptors (Lipinski definition) is 3. The molecule has 2 N–H and O–H groups in total. The van der Waals surface area contributed by atoms with Crippen molar-refractivity contribution in [3.05, 3.63) is 40.6 Å². The molecule has 0 aliphatic rings. The van der Waals surface area contributed by atoms with Crippen molar-refractivity contribution in [1.29, 1.82) is 0 Å². The molecular formula is C11H15N3S. The molecule has 15 heavy (non-hydrogen) atoms. The predicted molar refractivity (Wildman–Crippen MR) is 62.9 cm³/mol. The third-order valence-electron chi connectivity index (χ3n) is 2.47. The molecule has 0 aliphatic carbocycles. The van der Waals surface area contributed by atoms with E-state index in [0.717, 1.165) is 18.7 Å². The lowest BCUT2D eigenvalue weighted by Crippen LogP contribution is -2.07. The number of nitrogens with zero attached hydrogens (tertiary/aromatic N) is 2. The Hall–Kier alpha value is -1.13. The topological polar surface area (TPSA) is 43.8 Å². The minimum absolute atomic E-state index is 0.154. The quantitative estimate of drug-likeness (QED) is 0.861. The smallest absolute Gasteiger partial charge is 0.0795 e. The summed E-state index contributed by atoms with van der Waals surface area (Å²) in [5, 5.41) is 2.07. The Bertz CT molecular complexity index is 405. The summed E-state index contributed by atoms with van der Waals surface area (Å²) in [4.78, 5) is 4.25. The lowest BCUT2D eigenvalue weighted by Gasteiger charge is -2.05. The van der Waals surface area contributed by atoms with Crippen LogP contribution in [0.5, 0.6) is 0 Å². The van der Waals surface area contributed by atoms with E-state index in [9.17, 15) is 0 Å². The zero-order chi connectivity index (χ0) is 10.7. The van der Waals surface area contributed by atoms with Crippen molar-refractivity contribution >= 4 is 11.3 Å². The lowest BCUT2D eigenvalue weighted by atomic mass is 10.1. The Balaban J connectivity index is 2.07. The van der Waals surface area contributed by atoms with E-state index in [1.54, 1.807) is 11.3 Å². The van der Waals surface area contributed by atoms with Crippen molar-refractivity contribution in [2.24, 2.45) is 5.73 Å². The Morgan fingerprint density at radius 3 is 3.13 bits per heavy atom. The van der Waals surface area contributed by atoms with Gasteiger partial charge in [-0.25, -0.2) is 4.98 Å². The molecule has 0 bridgehead atoms. The first-order valence-electron chi connectivity index (χ1n) is 5.08. The van der Waals surface area contributed by atoms with E-state index in [2.05, 4.69) is 40.3 Å². The first-order chi connectivity index (χ1) is 7.29. The third kappa shape index (κ3) is 2.46. The lowest BCUT2D eigenvalue weighted by molar-refractivity contribution is 0.692. The van der Waals surface area contributed by atoms with E-state index in [1.165, 1.54) is 5.56 Å². The average Bonchev–Trinajstić information content (AvgIpc) is 2.88. The third-order valence-corrected chi connectivity index (χ3v) is 3.10. The number of rotatable bonds is 4. The number of nitrogens with two attached hydrogens (primary N) is 1. The van der Waals surface area contributed by atoms with E-state index in [4.69, 9.17) is 5.73 Å². The van der Waals surface area contributed by atoms with Gasteiger partial charge in [-0.15, -0.1) is 11.3 Å². The summed E-state index contributed by atoms with van der Waals surface area (Å²) < 4.78 is 2.12. The second-order valence-corrected chi connectivity index (χ2v) is 4.33. The molecule has 0 amide bonds. The van der Waals surface area contributed by atoms with E-state index in [-0.39, 0.29) is 6.04 Å². The fourth-order valence-corrected chi connectivity index (χ4v) is 2.06. The maximum absolute atomic E-state index is 5.95. The maximum Gasteiger partial charge on any atom is 0.0795 e. The second-order valence-electron chi connectivity index (χ2n) is 3.61. The van der Waals surface area contributed by atoms with Gasteiger partial charge in [-0.2, -0.15) is 0 Å². The van der Waals surface area contributed by atoms with Crippen molar-refractivity contribution in [1.82, 2.24) is 9.55 Å². The van der Waals surface area contributed by atoms with Gasteiger partial charge < -0.3 is 10.3 Å². The minimum atomic E-state index is 0.154. The van der Waals surface area contributed by atoms with Gasteiger partial charge in [0, 0.05) is 23.8 Å². The van der Waals surface area contributed by atoms with Crippen LogP contribution in [0, 0.1) is 0 Å². The SMILES string of the molecule is CCC(N)c1ccn(Cc2cscn2)c1. The maximum atomic E-state index is 5.95. The summed E-state index contributed by atoms with van der Waals surface area (Å²) in [6.07, 6.45) is 5.14. The van der Waals surface area contributed by atoms with Crippen LogP contribution in [0.1, 0.15) is 30.6 Å². The van der Waals surface area contributed by atoms with Crippen LogP contribution in [0.3, 0.4) is 0 Å². The van der Waals surface area contributed by atoms with Gasteiger partial charge in [0.05, 0.1) is 17.7 Å². The summed E-state index contributed by atoms with van der Waals surface area (Å²) in [7, 11) is 0.